The molecule has 3 aliphatic rings. The second-order valence-corrected chi connectivity index (χ2v) is 7.68. The summed E-state index contributed by atoms with van der Waals surface area (Å²) in [4.78, 5) is 27.4. The van der Waals surface area contributed by atoms with Crippen LogP contribution in [-0.4, -0.2) is 79.1 Å². The van der Waals surface area contributed by atoms with Gasteiger partial charge in [0.15, 0.2) is 0 Å². The van der Waals surface area contributed by atoms with Crippen molar-refractivity contribution in [1.29, 1.82) is 0 Å². The summed E-state index contributed by atoms with van der Waals surface area (Å²) in [5.41, 5.74) is 0.0920. The van der Waals surface area contributed by atoms with Crippen LogP contribution in [0.1, 0.15) is 12.0 Å². The number of carbonyl (C=O) groups excluding carboxylic acids is 2. The van der Waals surface area contributed by atoms with E-state index in [1.807, 2.05) is 0 Å². The maximum Gasteiger partial charge on any atom is 0.573 e. The largest absolute Gasteiger partial charge is 0.573 e. The molecule has 0 radical (unpaired) electrons. The van der Waals surface area contributed by atoms with Crippen LogP contribution in [0, 0.1) is 5.82 Å². The first-order valence-corrected chi connectivity index (χ1v) is 9.78. The fourth-order valence-electron chi connectivity index (χ4n) is 3.82. The summed E-state index contributed by atoms with van der Waals surface area (Å²) >= 11 is 0. The predicted molar refractivity (Wildman–Crippen MR) is 96.5 cm³/mol. The number of hydrogen-bond donors (Lipinski definition) is 1. The lowest BCUT2D eigenvalue weighted by atomic mass is 10.0. The molecular weight excluding hydrogens is 426 g/mol. The van der Waals surface area contributed by atoms with Gasteiger partial charge in [-0.25, -0.2) is 9.18 Å². The van der Waals surface area contributed by atoms with Crippen LogP contribution in [0.5, 0.6) is 5.75 Å². The number of ether oxygens (including phenoxy) is 3. The van der Waals surface area contributed by atoms with E-state index in [1.165, 1.54) is 6.07 Å². The Labute approximate surface area is 175 Å². The molecule has 12 heteroatoms. The monoisotopic (exact) mass is 447 g/mol. The van der Waals surface area contributed by atoms with Gasteiger partial charge in [-0.2, -0.15) is 0 Å². The average Bonchev–Trinajstić information content (AvgIpc) is 2.66. The zero-order chi connectivity index (χ0) is 22.2. The molecule has 4 rings (SSSR count). The lowest BCUT2D eigenvalue weighted by Crippen LogP contribution is -2.65. The number of halogens is 4. The van der Waals surface area contributed by atoms with E-state index in [0.717, 1.165) is 6.07 Å². The van der Waals surface area contributed by atoms with E-state index >= 15 is 0 Å². The third kappa shape index (κ3) is 5.18. The quantitative estimate of drug-likeness (QED) is 0.710. The van der Waals surface area contributed by atoms with Gasteiger partial charge in [0.2, 0.25) is 5.91 Å². The third-order valence-corrected chi connectivity index (χ3v) is 5.45. The standard InChI is InChI=1S/C19H21F4N3O5/c20-14-5-12(31-19(21,22)23)2-1-11(14)9-29-13-6-26(7-13)18(28)25-4-3-16-15(8-25)24-17(27)10-30-16/h1-2,5,13,15-16H,3-4,6-10H2,(H,24,27)/t15-,16+/m1/s1. The minimum Gasteiger partial charge on any atom is -0.406 e. The molecule has 31 heavy (non-hydrogen) atoms. The zero-order valence-electron chi connectivity index (χ0n) is 16.4. The SMILES string of the molecule is O=C1CO[C@H]2CCN(C(=O)N3CC(OCc4ccc(OC(F)(F)F)cc4F)C3)C[C@H]2N1. The number of urea groups is 1. The number of nitrogens with zero attached hydrogens (tertiary/aromatic N) is 2. The maximum absolute atomic E-state index is 14.0. The van der Waals surface area contributed by atoms with Crippen LogP contribution >= 0.6 is 0 Å². The number of benzene rings is 1. The van der Waals surface area contributed by atoms with Gasteiger partial charge in [0.05, 0.1) is 37.9 Å². The fourth-order valence-corrected chi connectivity index (χ4v) is 3.82. The topological polar surface area (TPSA) is 80.3 Å². The van der Waals surface area contributed by atoms with Gasteiger partial charge < -0.3 is 29.3 Å². The molecule has 170 valence electrons. The zero-order valence-corrected chi connectivity index (χ0v) is 16.4. The first-order chi connectivity index (χ1) is 14.7. The molecule has 0 spiro atoms. The van der Waals surface area contributed by atoms with Gasteiger partial charge in [0.25, 0.3) is 0 Å². The number of morpholine rings is 1. The Morgan fingerprint density at radius 1 is 1.23 bits per heavy atom. The Hall–Kier alpha value is -2.60. The van der Waals surface area contributed by atoms with Gasteiger partial charge >= 0.3 is 12.4 Å². The van der Waals surface area contributed by atoms with Crippen molar-refractivity contribution in [2.24, 2.45) is 0 Å². The number of rotatable bonds is 4. The van der Waals surface area contributed by atoms with Gasteiger partial charge in [-0.1, -0.05) is 6.07 Å². The van der Waals surface area contributed by atoms with Crippen LogP contribution in [0.15, 0.2) is 18.2 Å². The normalized spacial score (nSPS) is 24.3. The molecule has 0 bridgehead atoms. The Kier molecular flexibility index (Phi) is 5.93. The van der Waals surface area contributed by atoms with Crippen molar-refractivity contribution in [2.75, 3.05) is 32.8 Å². The summed E-state index contributed by atoms with van der Waals surface area (Å²) in [6.45, 7) is 1.44. The second kappa shape index (κ2) is 8.50. The highest BCUT2D eigenvalue weighted by Crippen LogP contribution is 2.26. The molecule has 1 aromatic carbocycles. The van der Waals surface area contributed by atoms with Crippen LogP contribution in [-0.2, 0) is 20.9 Å². The number of nitrogens with one attached hydrogen (secondary N) is 1. The molecule has 3 fully saturated rings. The summed E-state index contributed by atoms with van der Waals surface area (Å²) in [5.74, 6) is -1.70. The van der Waals surface area contributed by atoms with E-state index in [4.69, 9.17) is 9.47 Å². The molecule has 0 saturated carbocycles. The number of carbonyl (C=O) groups is 2. The van der Waals surface area contributed by atoms with Crippen LogP contribution in [0.2, 0.25) is 0 Å². The lowest BCUT2D eigenvalue weighted by molar-refractivity contribution is -0.274. The molecule has 0 unspecified atom stereocenters. The van der Waals surface area contributed by atoms with Crippen LogP contribution in [0.25, 0.3) is 0 Å². The van der Waals surface area contributed by atoms with Gasteiger partial charge in [-0.05, 0) is 12.5 Å². The van der Waals surface area contributed by atoms with E-state index in [0.29, 0.717) is 38.7 Å². The second-order valence-electron chi connectivity index (χ2n) is 7.68. The van der Waals surface area contributed by atoms with E-state index in [1.54, 1.807) is 9.80 Å². The molecule has 2 atom stereocenters. The van der Waals surface area contributed by atoms with Crippen LogP contribution < -0.4 is 10.1 Å². The van der Waals surface area contributed by atoms with Crippen LogP contribution in [0.4, 0.5) is 22.4 Å². The number of fused-ring (bicyclic) bond motifs is 1. The maximum atomic E-state index is 14.0. The van der Waals surface area contributed by atoms with E-state index in [2.05, 4.69) is 10.1 Å². The summed E-state index contributed by atoms with van der Waals surface area (Å²) < 4.78 is 65.2. The highest BCUT2D eigenvalue weighted by atomic mass is 19.4. The predicted octanol–water partition coefficient (Wildman–Crippen LogP) is 1.63. The molecule has 1 N–H and O–H groups in total. The molecule has 3 aliphatic heterocycles. The highest BCUT2D eigenvalue weighted by molar-refractivity contribution is 5.79. The Bertz CT molecular complexity index is 846. The molecule has 8 nitrogen and oxygen atoms in total. The summed E-state index contributed by atoms with van der Waals surface area (Å²) in [7, 11) is 0. The van der Waals surface area contributed by atoms with Crippen molar-refractivity contribution in [3.05, 3.63) is 29.6 Å². The van der Waals surface area contributed by atoms with Crippen molar-refractivity contribution in [3.8, 4) is 5.75 Å². The molecule has 1 aromatic rings. The van der Waals surface area contributed by atoms with Gasteiger partial charge in [0.1, 0.15) is 18.2 Å². The highest BCUT2D eigenvalue weighted by Gasteiger charge is 2.40. The molecule has 3 saturated heterocycles. The van der Waals surface area contributed by atoms with Crippen molar-refractivity contribution in [1.82, 2.24) is 15.1 Å². The van der Waals surface area contributed by atoms with Crippen molar-refractivity contribution >= 4 is 11.9 Å². The Balaban J connectivity index is 1.22. The van der Waals surface area contributed by atoms with Gasteiger partial charge in [0, 0.05) is 24.7 Å². The fraction of sp³-hybridized carbons (Fsp3) is 0.579. The molecule has 3 amide bonds. The summed E-state index contributed by atoms with van der Waals surface area (Å²) in [6, 6.07) is 2.45. The number of piperidine rings is 1. The summed E-state index contributed by atoms with van der Waals surface area (Å²) in [6.07, 6.45) is -4.64. The number of alkyl halides is 3. The number of likely N-dealkylation sites (tertiary alicyclic amines) is 2. The Morgan fingerprint density at radius 2 is 2.00 bits per heavy atom. The van der Waals surface area contributed by atoms with Crippen molar-refractivity contribution < 1.29 is 41.4 Å². The average molecular weight is 447 g/mol. The van der Waals surface area contributed by atoms with E-state index < -0.39 is 17.9 Å². The smallest absolute Gasteiger partial charge is 0.406 e. The van der Waals surface area contributed by atoms with E-state index in [-0.39, 0.29) is 49.0 Å². The third-order valence-electron chi connectivity index (χ3n) is 5.45. The summed E-state index contributed by atoms with van der Waals surface area (Å²) in [5, 5.41) is 2.84. The molecular formula is C19H21F4N3O5. The van der Waals surface area contributed by atoms with Gasteiger partial charge in [-0.3, -0.25) is 4.79 Å². The van der Waals surface area contributed by atoms with Crippen molar-refractivity contribution in [2.45, 2.75) is 37.6 Å². The minimum atomic E-state index is -4.89. The lowest BCUT2D eigenvalue weighted by Gasteiger charge is -2.45. The Morgan fingerprint density at radius 3 is 2.71 bits per heavy atom. The first kappa shape index (κ1) is 21.6. The van der Waals surface area contributed by atoms with Crippen LogP contribution in [0.3, 0.4) is 0 Å². The molecule has 3 heterocycles. The number of hydrogen-bond acceptors (Lipinski definition) is 5. The minimum absolute atomic E-state index is 0.0406. The molecule has 0 aliphatic carbocycles. The first-order valence-electron chi connectivity index (χ1n) is 9.78. The van der Waals surface area contributed by atoms with Gasteiger partial charge in [-0.15, -0.1) is 13.2 Å². The number of amides is 3. The molecule has 0 aromatic heterocycles. The van der Waals surface area contributed by atoms with E-state index in [9.17, 15) is 27.2 Å². The van der Waals surface area contributed by atoms with Crippen molar-refractivity contribution in [3.63, 3.8) is 0 Å².